The summed E-state index contributed by atoms with van der Waals surface area (Å²) in [4.78, 5) is 42.4. The second-order valence-corrected chi connectivity index (χ2v) is 7.90. The van der Waals surface area contributed by atoms with Crippen molar-refractivity contribution in [3.63, 3.8) is 0 Å². The predicted octanol–water partition coefficient (Wildman–Crippen LogP) is 1.78. The molecule has 6 nitrogen and oxygen atoms in total. The van der Waals surface area contributed by atoms with Crippen LogP contribution in [-0.2, 0) is 14.4 Å². The monoisotopic (exact) mass is 349 g/mol. The molecule has 2 atom stereocenters. The number of nitrogens with zero attached hydrogens (tertiary/aromatic N) is 3. The van der Waals surface area contributed by atoms with Gasteiger partial charge in [0.2, 0.25) is 17.7 Å². The van der Waals surface area contributed by atoms with E-state index in [0.717, 1.165) is 51.7 Å². The van der Waals surface area contributed by atoms with E-state index in [0.29, 0.717) is 19.3 Å². The Morgan fingerprint density at radius 1 is 0.680 bits per heavy atom. The fourth-order valence-electron chi connectivity index (χ4n) is 4.72. The Morgan fingerprint density at radius 3 is 1.36 bits per heavy atom. The molecule has 3 fully saturated rings. The van der Waals surface area contributed by atoms with Crippen LogP contribution in [0.5, 0.6) is 0 Å². The molecule has 0 radical (unpaired) electrons. The Bertz CT molecular complexity index is 502. The normalized spacial score (nSPS) is 25.2. The number of rotatable bonds is 7. The molecule has 3 aliphatic heterocycles. The van der Waals surface area contributed by atoms with Crippen LogP contribution in [0.3, 0.4) is 0 Å². The van der Waals surface area contributed by atoms with Crippen LogP contribution in [0.15, 0.2) is 0 Å². The number of amides is 3. The van der Waals surface area contributed by atoms with Gasteiger partial charge < -0.3 is 14.7 Å². The van der Waals surface area contributed by atoms with Gasteiger partial charge in [-0.1, -0.05) is 0 Å². The molecule has 0 aromatic carbocycles. The highest BCUT2D eigenvalue weighted by molar-refractivity contribution is 5.79. The van der Waals surface area contributed by atoms with Crippen molar-refractivity contribution in [2.45, 2.75) is 83.3 Å². The van der Waals surface area contributed by atoms with Gasteiger partial charge in [0.25, 0.3) is 0 Å². The van der Waals surface area contributed by atoms with Crippen molar-refractivity contribution in [2.75, 3.05) is 19.6 Å². The van der Waals surface area contributed by atoms with Crippen LogP contribution in [-0.4, -0.2) is 70.2 Å². The molecule has 0 aromatic rings. The Balaban J connectivity index is 1.67. The van der Waals surface area contributed by atoms with E-state index in [4.69, 9.17) is 0 Å². The number of carbonyl (C=O) groups is 3. The summed E-state index contributed by atoms with van der Waals surface area (Å²) in [5.74, 6) is 0.702. The van der Waals surface area contributed by atoms with Gasteiger partial charge in [0.05, 0.1) is 0 Å². The molecule has 25 heavy (non-hydrogen) atoms. The molecule has 3 saturated heterocycles. The second kappa shape index (κ2) is 7.75. The van der Waals surface area contributed by atoms with Crippen LogP contribution in [0.2, 0.25) is 0 Å². The van der Waals surface area contributed by atoms with E-state index in [1.807, 2.05) is 14.7 Å². The van der Waals surface area contributed by atoms with Crippen LogP contribution >= 0.6 is 0 Å². The van der Waals surface area contributed by atoms with Gasteiger partial charge in [0.1, 0.15) is 0 Å². The number of hydrogen-bond acceptors (Lipinski definition) is 3. The van der Waals surface area contributed by atoms with Crippen molar-refractivity contribution in [1.29, 1.82) is 0 Å². The topological polar surface area (TPSA) is 60.9 Å². The first-order valence-corrected chi connectivity index (χ1v) is 9.85. The highest BCUT2D eigenvalue weighted by atomic mass is 16.2. The molecule has 0 N–H and O–H groups in total. The van der Waals surface area contributed by atoms with E-state index in [1.165, 1.54) is 0 Å². The first kappa shape index (κ1) is 18.2. The third-order valence-corrected chi connectivity index (χ3v) is 6.06. The van der Waals surface area contributed by atoms with E-state index >= 15 is 0 Å². The van der Waals surface area contributed by atoms with Gasteiger partial charge in [0.15, 0.2) is 0 Å². The van der Waals surface area contributed by atoms with Crippen LogP contribution in [0.4, 0.5) is 0 Å². The van der Waals surface area contributed by atoms with E-state index in [2.05, 4.69) is 13.8 Å². The Kier molecular flexibility index (Phi) is 5.64. The number of hydrogen-bond donors (Lipinski definition) is 0. The van der Waals surface area contributed by atoms with Crippen molar-refractivity contribution in [2.24, 2.45) is 0 Å². The van der Waals surface area contributed by atoms with Crippen molar-refractivity contribution in [3.8, 4) is 0 Å². The highest BCUT2D eigenvalue weighted by Crippen LogP contribution is 2.26. The van der Waals surface area contributed by atoms with Crippen LogP contribution in [0.25, 0.3) is 0 Å². The highest BCUT2D eigenvalue weighted by Gasteiger charge is 2.35. The molecular formula is C19H31N3O3. The molecule has 3 heterocycles. The molecule has 3 amide bonds. The van der Waals surface area contributed by atoms with Gasteiger partial charge in [-0.05, 0) is 46.0 Å². The summed E-state index contributed by atoms with van der Waals surface area (Å²) >= 11 is 0. The average Bonchev–Trinajstić information content (AvgIpc) is 3.28. The molecule has 3 rings (SSSR count). The first-order chi connectivity index (χ1) is 12.0. The molecule has 140 valence electrons. The van der Waals surface area contributed by atoms with Crippen molar-refractivity contribution in [1.82, 2.24) is 14.7 Å². The lowest BCUT2D eigenvalue weighted by molar-refractivity contribution is -0.131. The summed E-state index contributed by atoms with van der Waals surface area (Å²) in [5, 5.41) is 0. The summed E-state index contributed by atoms with van der Waals surface area (Å²) in [6.45, 7) is 6.68. The zero-order valence-electron chi connectivity index (χ0n) is 15.6. The molecular weight excluding hydrogens is 318 g/mol. The van der Waals surface area contributed by atoms with Crippen molar-refractivity contribution in [3.05, 3.63) is 0 Å². The van der Waals surface area contributed by atoms with E-state index in [1.54, 1.807) is 0 Å². The Morgan fingerprint density at radius 2 is 1.04 bits per heavy atom. The van der Waals surface area contributed by atoms with Crippen LogP contribution < -0.4 is 0 Å². The summed E-state index contributed by atoms with van der Waals surface area (Å²) in [6.07, 6.45) is 6.35. The van der Waals surface area contributed by atoms with E-state index < -0.39 is 0 Å². The van der Waals surface area contributed by atoms with E-state index in [-0.39, 0.29) is 35.8 Å². The third kappa shape index (κ3) is 3.98. The first-order valence-electron chi connectivity index (χ1n) is 9.85. The maximum Gasteiger partial charge on any atom is 0.222 e. The largest absolute Gasteiger partial charge is 0.340 e. The summed E-state index contributed by atoms with van der Waals surface area (Å²) in [7, 11) is 0. The lowest BCUT2D eigenvalue weighted by Gasteiger charge is -2.36. The molecule has 0 spiro atoms. The zero-order chi connectivity index (χ0) is 18.0. The van der Waals surface area contributed by atoms with Gasteiger partial charge in [-0.3, -0.25) is 14.4 Å². The third-order valence-electron chi connectivity index (χ3n) is 6.06. The molecule has 2 unspecified atom stereocenters. The Hall–Kier alpha value is -1.59. The Labute approximate surface area is 150 Å². The van der Waals surface area contributed by atoms with Gasteiger partial charge >= 0.3 is 0 Å². The van der Waals surface area contributed by atoms with Gasteiger partial charge in [-0.15, -0.1) is 0 Å². The van der Waals surface area contributed by atoms with E-state index in [9.17, 15) is 14.4 Å². The maximum absolute atomic E-state index is 12.3. The lowest BCUT2D eigenvalue weighted by atomic mass is 9.98. The summed E-state index contributed by atoms with van der Waals surface area (Å²) in [5.41, 5.74) is 0. The second-order valence-electron chi connectivity index (χ2n) is 7.90. The minimum atomic E-state index is 0.113. The maximum atomic E-state index is 12.3. The fourth-order valence-corrected chi connectivity index (χ4v) is 4.72. The predicted molar refractivity (Wildman–Crippen MR) is 94.8 cm³/mol. The molecule has 0 saturated carbocycles. The van der Waals surface area contributed by atoms with Crippen LogP contribution in [0, 0.1) is 0 Å². The van der Waals surface area contributed by atoms with Crippen molar-refractivity contribution < 1.29 is 14.4 Å². The minimum absolute atomic E-state index is 0.113. The fraction of sp³-hybridized carbons (Fsp3) is 0.842. The smallest absolute Gasteiger partial charge is 0.222 e. The number of likely N-dealkylation sites (tertiary alicyclic amines) is 3. The lowest BCUT2D eigenvalue weighted by Crippen LogP contribution is -2.46. The summed E-state index contributed by atoms with van der Waals surface area (Å²) in [6, 6.07) is 0.409. The SMILES string of the molecule is CC(CC(CC(C)N1CCCC1=O)N1CCCC1=O)N1CCCC1=O. The average molecular weight is 349 g/mol. The van der Waals surface area contributed by atoms with Gasteiger partial charge in [0, 0.05) is 57.0 Å². The summed E-state index contributed by atoms with van der Waals surface area (Å²) < 4.78 is 0. The number of carbonyl (C=O) groups excluding carboxylic acids is 3. The standard InChI is InChI=1S/C19H31N3O3/c1-14(20-9-3-6-17(20)23)12-16(22-11-5-8-19(22)25)13-15(2)21-10-4-7-18(21)24/h14-16H,3-13H2,1-2H3. The quantitative estimate of drug-likeness (QED) is 0.704. The molecule has 3 aliphatic rings. The zero-order valence-corrected chi connectivity index (χ0v) is 15.6. The molecule has 6 heteroatoms. The van der Waals surface area contributed by atoms with Gasteiger partial charge in [-0.25, -0.2) is 0 Å². The van der Waals surface area contributed by atoms with Crippen molar-refractivity contribution >= 4 is 17.7 Å². The van der Waals surface area contributed by atoms with Crippen LogP contribution in [0.1, 0.15) is 65.2 Å². The molecule has 0 aliphatic carbocycles. The molecule has 0 aromatic heterocycles. The molecule has 0 bridgehead atoms. The minimum Gasteiger partial charge on any atom is -0.340 e. The van der Waals surface area contributed by atoms with Gasteiger partial charge in [-0.2, -0.15) is 0 Å².